The Hall–Kier alpha value is -3.05. The van der Waals surface area contributed by atoms with E-state index < -0.39 is 47.9 Å². The van der Waals surface area contributed by atoms with Crippen LogP contribution in [0.5, 0.6) is 0 Å². The highest BCUT2D eigenvalue weighted by molar-refractivity contribution is 7.80. The number of hydrogen-bond acceptors (Lipinski definition) is 6. The lowest BCUT2D eigenvalue weighted by atomic mass is 9.97. The predicted molar refractivity (Wildman–Crippen MR) is 142 cm³/mol. The minimum absolute atomic E-state index is 0.0924. The van der Waals surface area contributed by atoms with Gasteiger partial charge in [-0.3, -0.25) is 14.4 Å². The van der Waals surface area contributed by atoms with Crippen molar-refractivity contribution in [2.75, 3.05) is 5.75 Å². The lowest BCUT2D eigenvalue weighted by molar-refractivity contribution is -0.142. The van der Waals surface area contributed by atoms with Gasteiger partial charge in [0.1, 0.15) is 18.1 Å². The van der Waals surface area contributed by atoms with Gasteiger partial charge in [-0.1, -0.05) is 52.3 Å². The molecule has 0 fully saturated rings. The van der Waals surface area contributed by atoms with Crippen LogP contribution in [0.4, 0.5) is 0 Å². The molecule has 5 unspecified atom stereocenters. The Bertz CT molecular complexity index is 1070. The molecule has 0 aliphatic carbocycles. The van der Waals surface area contributed by atoms with Crippen LogP contribution >= 0.6 is 12.6 Å². The molecule has 1 aromatic heterocycles. The molecule has 36 heavy (non-hydrogen) atoms. The molecular formula is C25H37N5O5S. The van der Waals surface area contributed by atoms with Crippen LogP contribution in [0.3, 0.4) is 0 Å². The first-order chi connectivity index (χ1) is 17.0. The maximum Gasteiger partial charge on any atom is 0.327 e. The summed E-state index contributed by atoms with van der Waals surface area (Å²) in [5.74, 6) is -3.45. The molecule has 0 saturated carbocycles. The highest BCUT2D eigenvalue weighted by atomic mass is 32.1. The van der Waals surface area contributed by atoms with Crippen molar-refractivity contribution < 1.29 is 24.3 Å². The van der Waals surface area contributed by atoms with E-state index in [1.165, 1.54) is 0 Å². The fourth-order valence-electron chi connectivity index (χ4n) is 3.75. The van der Waals surface area contributed by atoms with Crippen LogP contribution in [0.2, 0.25) is 0 Å². The summed E-state index contributed by atoms with van der Waals surface area (Å²) < 4.78 is 0. The van der Waals surface area contributed by atoms with Gasteiger partial charge in [-0.15, -0.1) is 0 Å². The fourth-order valence-corrected chi connectivity index (χ4v) is 3.99. The van der Waals surface area contributed by atoms with Crippen molar-refractivity contribution in [2.24, 2.45) is 17.6 Å². The number of carbonyl (C=O) groups excluding carboxylic acids is 3. The fraction of sp³-hybridized carbons (Fsp3) is 0.520. The van der Waals surface area contributed by atoms with Gasteiger partial charge in [-0.2, -0.15) is 12.6 Å². The van der Waals surface area contributed by atoms with Crippen LogP contribution in [0.1, 0.15) is 39.7 Å². The molecule has 11 heteroatoms. The van der Waals surface area contributed by atoms with E-state index >= 15 is 0 Å². The van der Waals surface area contributed by atoms with Gasteiger partial charge >= 0.3 is 5.97 Å². The van der Waals surface area contributed by atoms with E-state index in [1.807, 2.05) is 38.1 Å². The monoisotopic (exact) mass is 519 g/mol. The number of thiol groups is 1. The zero-order chi connectivity index (χ0) is 27.0. The van der Waals surface area contributed by atoms with Gasteiger partial charge in [-0.05, 0) is 23.5 Å². The zero-order valence-electron chi connectivity index (χ0n) is 21.1. The molecule has 1 aromatic carbocycles. The first kappa shape index (κ1) is 29.2. The third-order valence-corrected chi connectivity index (χ3v) is 6.70. The van der Waals surface area contributed by atoms with Crippen molar-refractivity contribution in [3.05, 3.63) is 36.0 Å². The number of carbonyl (C=O) groups is 4. The van der Waals surface area contributed by atoms with Crippen LogP contribution in [0.25, 0.3) is 10.9 Å². The van der Waals surface area contributed by atoms with Crippen molar-refractivity contribution in [2.45, 2.75) is 64.7 Å². The number of hydrogen-bond donors (Lipinski definition) is 7. The number of aromatic nitrogens is 1. The molecule has 3 amide bonds. The molecule has 0 aliphatic heterocycles. The molecule has 2 aromatic rings. The summed E-state index contributed by atoms with van der Waals surface area (Å²) in [6.07, 6.45) is 2.64. The Labute approximate surface area is 216 Å². The smallest absolute Gasteiger partial charge is 0.327 e. The van der Waals surface area contributed by atoms with Crippen LogP contribution in [0.15, 0.2) is 30.5 Å². The second-order valence-corrected chi connectivity index (χ2v) is 9.71. The Morgan fingerprint density at radius 2 is 1.64 bits per heavy atom. The molecular weight excluding hydrogens is 482 g/mol. The Balaban J connectivity index is 2.29. The Kier molecular flexibility index (Phi) is 10.8. The van der Waals surface area contributed by atoms with Gasteiger partial charge in [0.05, 0.1) is 6.04 Å². The second-order valence-electron chi connectivity index (χ2n) is 9.35. The zero-order valence-corrected chi connectivity index (χ0v) is 22.0. The number of carboxylic acids is 1. The number of aliphatic carboxylic acids is 1. The first-order valence-electron chi connectivity index (χ1n) is 12.0. The topological polar surface area (TPSA) is 166 Å². The first-order valence-corrected chi connectivity index (χ1v) is 12.7. The molecule has 0 bridgehead atoms. The van der Waals surface area contributed by atoms with Crippen molar-refractivity contribution in [3.8, 4) is 0 Å². The lowest BCUT2D eigenvalue weighted by Crippen LogP contribution is -2.59. The SMILES string of the molecule is CCC(C)C(N)C(=O)NC(Cc1c[nH]c2ccccc12)C(=O)NC(C(=O)NC(CS)C(=O)O)C(C)C. The lowest BCUT2D eigenvalue weighted by Gasteiger charge is -2.27. The van der Waals surface area contributed by atoms with Gasteiger partial charge < -0.3 is 31.8 Å². The molecule has 1 heterocycles. The van der Waals surface area contributed by atoms with E-state index in [0.29, 0.717) is 6.42 Å². The second kappa shape index (κ2) is 13.3. The molecule has 10 nitrogen and oxygen atoms in total. The van der Waals surface area contributed by atoms with E-state index in [4.69, 9.17) is 5.73 Å². The van der Waals surface area contributed by atoms with Crippen LogP contribution in [-0.4, -0.2) is 63.7 Å². The Morgan fingerprint density at radius 3 is 2.22 bits per heavy atom. The molecule has 5 atom stereocenters. The van der Waals surface area contributed by atoms with Gasteiger partial charge in [0.15, 0.2) is 0 Å². The number of nitrogens with two attached hydrogens (primary N) is 1. The number of aromatic amines is 1. The van der Waals surface area contributed by atoms with Crippen LogP contribution in [-0.2, 0) is 25.6 Å². The number of rotatable bonds is 13. The van der Waals surface area contributed by atoms with Crippen LogP contribution < -0.4 is 21.7 Å². The summed E-state index contributed by atoms with van der Waals surface area (Å²) in [7, 11) is 0. The average Bonchev–Trinajstić information content (AvgIpc) is 3.26. The van der Waals surface area contributed by atoms with Gasteiger partial charge in [0, 0.05) is 29.3 Å². The quantitative estimate of drug-likeness (QED) is 0.196. The molecule has 0 aliphatic rings. The Morgan fingerprint density at radius 1 is 1.00 bits per heavy atom. The van der Waals surface area contributed by atoms with Gasteiger partial charge in [-0.25, -0.2) is 4.79 Å². The largest absolute Gasteiger partial charge is 0.480 e. The highest BCUT2D eigenvalue weighted by Gasteiger charge is 2.32. The van der Waals surface area contributed by atoms with Crippen molar-refractivity contribution in [1.29, 1.82) is 0 Å². The molecule has 0 saturated heterocycles. The average molecular weight is 520 g/mol. The number of H-pyrrole nitrogens is 1. The summed E-state index contributed by atoms with van der Waals surface area (Å²) in [6.45, 7) is 7.24. The van der Waals surface area contributed by atoms with E-state index in [2.05, 4.69) is 33.6 Å². The maximum atomic E-state index is 13.4. The van der Waals surface area contributed by atoms with Gasteiger partial charge in [0.25, 0.3) is 0 Å². The number of carboxylic acid groups (broad SMARTS) is 1. The van der Waals surface area contributed by atoms with E-state index in [0.717, 1.165) is 16.5 Å². The van der Waals surface area contributed by atoms with Crippen molar-refractivity contribution in [1.82, 2.24) is 20.9 Å². The van der Waals surface area contributed by atoms with E-state index in [9.17, 15) is 24.3 Å². The molecule has 2 rings (SSSR count). The number of fused-ring (bicyclic) bond motifs is 1. The van der Waals surface area contributed by atoms with Crippen LogP contribution in [0, 0.1) is 11.8 Å². The third kappa shape index (κ3) is 7.47. The molecule has 0 spiro atoms. The van der Waals surface area contributed by atoms with Crippen molar-refractivity contribution >= 4 is 47.2 Å². The predicted octanol–water partition coefficient (Wildman–Crippen LogP) is 1.21. The molecule has 0 radical (unpaired) electrons. The maximum absolute atomic E-state index is 13.4. The highest BCUT2D eigenvalue weighted by Crippen LogP contribution is 2.19. The minimum Gasteiger partial charge on any atom is -0.480 e. The van der Waals surface area contributed by atoms with Crippen molar-refractivity contribution in [3.63, 3.8) is 0 Å². The van der Waals surface area contributed by atoms with E-state index in [-0.39, 0.29) is 24.0 Å². The normalized spacial score (nSPS) is 15.5. The summed E-state index contributed by atoms with van der Waals surface area (Å²) in [5.41, 5.74) is 7.81. The number of benzene rings is 1. The van der Waals surface area contributed by atoms with E-state index in [1.54, 1.807) is 20.0 Å². The summed E-state index contributed by atoms with van der Waals surface area (Å²) in [5, 5.41) is 18.0. The summed E-state index contributed by atoms with van der Waals surface area (Å²) in [4.78, 5) is 53.6. The molecule has 198 valence electrons. The minimum atomic E-state index is -1.23. The number of amides is 3. The number of nitrogens with one attached hydrogen (secondary N) is 4. The standard InChI is InChI=1S/C25H37N5O5S/c1-5-14(4)20(26)23(32)28-18(10-15-11-27-17-9-7-6-8-16(15)17)22(31)30-21(13(2)3)24(33)29-19(12-36)25(34)35/h6-9,11,13-14,18-21,27,36H,5,10,12,26H2,1-4H3,(H,28,32)(H,29,33)(H,30,31)(H,34,35). The summed E-state index contributed by atoms with van der Waals surface area (Å²) >= 11 is 3.97. The molecule has 7 N–H and O–H groups in total. The number of para-hydroxylation sites is 1. The summed E-state index contributed by atoms with van der Waals surface area (Å²) in [6, 6.07) is 3.55. The van der Waals surface area contributed by atoms with Gasteiger partial charge in [0.2, 0.25) is 17.7 Å². The third-order valence-electron chi connectivity index (χ3n) is 6.34.